The van der Waals surface area contributed by atoms with E-state index in [1.807, 2.05) is 30.3 Å². The van der Waals surface area contributed by atoms with Crippen LogP contribution in [0.4, 0.5) is 5.82 Å². The summed E-state index contributed by atoms with van der Waals surface area (Å²) in [6.45, 7) is 2.36. The molecule has 0 amide bonds. The maximum absolute atomic E-state index is 10.8. The number of nitrogens with zero attached hydrogens (tertiary/aromatic N) is 3. The lowest BCUT2D eigenvalue weighted by molar-refractivity contribution is -0.392. The van der Waals surface area contributed by atoms with Crippen molar-refractivity contribution < 1.29 is 4.92 Å². The zero-order valence-electron chi connectivity index (χ0n) is 9.94. The number of nitro groups is 1. The van der Waals surface area contributed by atoms with Crippen LogP contribution in [0.25, 0.3) is 0 Å². The zero-order valence-corrected chi connectivity index (χ0v) is 10.8. The maximum atomic E-state index is 10.8. The first-order valence-electron chi connectivity index (χ1n) is 5.53. The second-order valence-corrected chi connectivity index (χ2v) is 4.90. The van der Waals surface area contributed by atoms with Gasteiger partial charge < -0.3 is 10.1 Å². The summed E-state index contributed by atoms with van der Waals surface area (Å²) in [6.07, 6.45) is 1.31. The Morgan fingerprint density at radius 2 is 2.11 bits per heavy atom. The van der Waals surface area contributed by atoms with Gasteiger partial charge in [-0.2, -0.15) is 0 Å². The van der Waals surface area contributed by atoms with Crippen molar-refractivity contribution in [2.45, 2.75) is 18.4 Å². The van der Waals surface area contributed by atoms with Crippen LogP contribution in [0, 0.1) is 17.0 Å². The molecule has 0 aliphatic heterocycles. The van der Waals surface area contributed by atoms with Crippen LogP contribution in [0.5, 0.6) is 0 Å². The molecule has 94 valence electrons. The molecule has 0 radical (unpaired) electrons. The highest BCUT2D eigenvalue weighted by atomic mass is 32.2. The van der Waals surface area contributed by atoms with Gasteiger partial charge >= 0.3 is 5.82 Å². The summed E-state index contributed by atoms with van der Waals surface area (Å²) in [5, 5.41) is 10.8. The third-order valence-electron chi connectivity index (χ3n) is 2.55. The lowest BCUT2D eigenvalue weighted by atomic mass is 10.4. The monoisotopic (exact) mass is 263 g/mol. The van der Waals surface area contributed by atoms with Gasteiger partial charge in [0.05, 0.1) is 0 Å². The van der Waals surface area contributed by atoms with E-state index in [0.29, 0.717) is 12.4 Å². The normalized spacial score (nSPS) is 10.5. The standard InChI is InChI=1S/C12H13N3O2S/c1-10-13-9-12(15(16)17)14(10)7-8-18-11-5-3-2-4-6-11/h2-6,9H,7-8H2,1H3. The largest absolute Gasteiger partial charge is 0.358 e. The molecular weight excluding hydrogens is 250 g/mol. The molecule has 0 unspecified atom stereocenters. The average Bonchev–Trinajstić information content (AvgIpc) is 2.73. The van der Waals surface area contributed by atoms with E-state index in [-0.39, 0.29) is 5.82 Å². The highest BCUT2D eigenvalue weighted by Gasteiger charge is 2.16. The fourth-order valence-electron chi connectivity index (χ4n) is 1.65. The van der Waals surface area contributed by atoms with Crippen molar-refractivity contribution in [2.24, 2.45) is 0 Å². The van der Waals surface area contributed by atoms with Gasteiger partial charge in [0.25, 0.3) is 0 Å². The Morgan fingerprint density at radius 3 is 2.78 bits per heavy atom. The summed E-state index contributed by atoms with van der Waals surface area (Å²) in [7, 11) is 0. The molecule has 0 aliphatic rings. The van der Waals surface area contributed by atoms with E-state index in [9.17, 15) is 10.1 Å². The number of hydrogen-bond donors (Lipinski definition) is 0. The van der Waals surface area contributed by atoms with Gasteiger partial charge in [0, 0.05) is 17.6 Å². The zero-order chi connectivity index (χ0) is 13.0. The fraction of sp³-hybridized carbons (Fsp3) is 0.250. The Labute approximate surface area is 109 Å². The summed E-state index contributed by atoms with van der Waals surface area (Å²) < 4.78 is 1.63. The van der Waals surface area contributed by atoms with Crippen LogP contribution < -0.4 is 0 Å². The van der Waals surface area contributed by atoms with Gasteiger partial charge in [0.2, 0.25) is 0 Å². The SMILES string of the molecule is Cc1ncc([N+](=O)[O-])n1CCSc1ccccc1. The Morgan fingerprint density at radius 1 is 1.39 bits per heavy atom. The van der Waals surface area contributed by atoms with Crippen molar-refractivity contribution in [2.75, 3.05) is 5.75 Å². The van der Waals surface area contributed by atoms with Crippen LogP contribution in [0.15, 0.2) is 41.4 Å². The molecule has 2 aromatic rings. The van der Waals surface area contributed by atoms with E-state index in [1.54, 1.807) is 23.3 Å². The molecule has 2 rings (SSSR count). The Bertz CT molecular complexity index is 540. The van der Waals surface area contributed by atoms with Gasteiger partial charge in [-0.05, 0) is 17.1 Å². The highest BCUT2D eigenvalue weighted by molar-refractivity contribution is 7.99. The molecule has 0 bridgehead atoms. The molecule has 1 aromatic heterocycles. The topological polar surface area (TPSA) is 61.0 Å². The average molecular weight is 263 g/mol. The van der Waals surface area contributed by atoms with Crippen LogP contribution in [0.2, 0.25) is 0 Å². The lowest BCUT2D eigenvalue weighted by Gasteiger charge is -2.03. The molecule has 1 aromatic carbocycles. The lowest BCUT2D eigenvalue weighted by Crippen LogP contribution is -2.06. The van der Waals surface area contributed by atoms with Gasteiger partial charge in [-0.15, -0.1) is 11.8 Å². The third-order valence-corrected chi connectivity index (χ3v) is 3.54. The molecule has 18 heavy (non-hydrogen) atoms. The molecule has 0 N–H and O–H groups in total. The van der Waals surface area contributed by atoms with E-state index in [0.717, 1.165) is 10.6 Å². The van der Waals surface area contributed by atoms with E-state index >= 15 is 0 Å². The van der Waals surface area contributed by atoms with Crippen molar-refractivity contribution >= 4 is 17.6 Å². The molecule has 0 fully saturated rings. The van der Waals surface area contributed by atoms with Crippen molar-refractivity contribution in [3.05, 3.63) is 52.5 Å². The second kappa shape index (κ2) is 5.68. The molecular formula is C12H13N3O2S. The van der Waals surface area contributed by atoms with Crippen molar-refractivity contribution in [3.63, 3.8) is 0 Å². The minimum absolute atomic E-state index is 0.0566. The molecule has 0 spiro atoms. The molecule has 0 saturated carbocycles. The predicted octanol–water partition coefficient (Wildman–Crippen LogP) is 2.89. The van der Waals surface area contributed by atoms with Crippen molar-refractivity contribution in [1.29, 1.82) is 0 Å². The van der Waals surface area contributed by atoms with Crippen LogP contribution >= 0.6 is 11.8 Å². The molecule has 6 heteroatoms. The van der Waals surface area contributed by atoms with Gasteiger partial charge in [0.1, 0.15) is 12.7 Å². The molecule has 0 aliphatic carbocycles. The highest BCUT2D eigenvalue weighted by Crippen LogP contribution is 2.19. The number of hydrogen-bond acceptors (Lipinski definition) is 4. The summed E-state index contributed by atoms with van der Waals surface area (Å²) >= 11 is 1.68. The Kier molecular flexibility index (Phi) is 3.99. The van der Waals surface area contributed by atoms with E-state index in [4.69, 9.17) is 0 Å². The quantitative estimate of drug-likeness (QED) is 0.473. The number of aromatic nitrogens is 2. The summed E-state index contributed by atoms with van der Waals surface area (Å²) in [4.78, 5) is 15.6. The van der Waals surface area contributed by atoms with Gasteiger partial charge in [0.15, 0.2) is 5.82 Å². The minimum Gasteiger partial charge on any atom is -0.358 e. The third kappa shape index (κ3) is 2.89. The van der Waals surface area contributed by atoms with Crippen molar-refractivity contribution in [3.8, 4) is 0 Å². The Balaban J connectivity index is 1.98. The smallest absolute Gasteiger partial charge is 0.342 e. The number of benzene rings is 1. The van der Waals surface area contributed by atoms with Crippen LogP contribution in [0.3, 0.4) is 0 Å². The summed E-state index contributed by atoms with van der Waals surface area (Å²) in [5.41, 5.74) is 0. The van der Waals surface area contributed by atoms with Gasteiger partial charge in [-0.1, -0.05) is 18.2 Å². The molecule has 0 saturated heterocycles. The van der Waals surface area contributed by atoms with Crippen molar-refractivity contribution in [1.82, 2.24) is 9.55 Å². The van der Waals surface area contributed by atoms with Gasteiger partial charge in [-0.3, -0.25) is 0 Å². The summed E-state index contributed by atoms with van der Waals surface area (Å²) in [6, 6.07) is 9.98. The number of imidazole rings is 1. The van der Waals surface area contributed by atoms with Crippen LogP contribution in [-0.4, -0.2) is 20.2 Å². The number of aryl methyl sites for hydroxylation is 1. The first-order chi connectivity index (χ1) is 8.68. The van der Waals surface area contributed by atoms with E-state index in [1.165, 1.54) is 6.20 Å². The maximum Gasteiger partial charge on any atom is 0.342 e. The first kappa shape index (κ1) is 12.6. The van der Waals surface area contributed by atoms with E-state index in [2.05, 4.69) is 4.98 Å². The van der Waals surface area contributed by atoms with Crippen LogP contribution in [0.1, 0.15) is 5.82 Å². The fourth-order valence-corrected chi connectivity index (χ4v) is 2.51. The molecule has 1 heterocycles. The van der Waals surface area contributed by atoms with Gasteiger partial charge in [-0.25, -0.2) is 9.55 Å². The predicted molar refractivity (Wildman–Crippen MR) is 70.8 cm³/mol. The number of thioether (sulfide) groups is 1. The van der Waals surface area contributed by atoms with E-state index < -0.39 is 4.92 Å². The second-order valence-electron chi connectivity index (χ2n) is 3.73. The first-order valence-corrected chi connectivity index (χ1v) is 6.51. The summed E-state index contributed by atoms with van der Waals surface area (Å²) in [5.74, 6) is 1.51. The molecule has 0 atom stereocenters. The Hall–Kier alpha value is -1.82. The van der Waals surface area contributed by atoms with Crippen LogP contribution in [-0.2, 0) is 6.54 Å². The molecule has 5 nitrogen and oxygen atoms in total. The number of rotatable bonds is 5. The minimum atomic E-state index is -0.396.